The first-order chi connectivity index (χ1) is 7.81. The molecule has 5 nitrogen and oxygen atoms in total. The highest BCUT2D eigenvalue weighted by Crippen LogP contribution is 2.01. The topological polar surface area (TPSA) is 56.5 Å². The minimum absolute atomic E-state index is 0.318. The fraction of sp³-hybridized carbons (Fsp3) is 0.182. The summed E-state index contributed by atoms with van der Waals surface area (Å²) in [5, 5.41) is 4.06. The van der Waals surface area contributed by atoms with Gasteiger partial charge in [0.1, 0.15) is 5.69 Å². The monoisotopic (exact) mass is 215 g/mol. The highest BCUT2D eigenvalue weighted by Gasteiger charge is 2.00. The van der Waals surface area contributed by atoms with E-state index >= 15 is 0 Å². The lowest BCUT2D eigenvalue weighted by molar-refractivity contribution is -0.136. The van der Waals surface area contributed by atoms with Crippen LogP contribution in [0.4, 0.5) is 0 Å². The molecule has 2 rings (SSSR count). The van der Waals surface area contributed by atoms with Gasteiger partial charge in [-0.1, -0.05) is 0 Å². The maximum Gasteiger partial charge on any atom is 0.384 e. The molecule has 0 bridgehead atoms. The lowest BCUT2D eigenvalue weighted by atomic mass is 10.4. The Bertz CT molecular complexity index is 577. The molecule has 5 heteroatoms. The van der Waals surface area contributed by atoms with E-state index in [1.54, 1.807) is 29.9 Å². The van der Waals surface area contributed by atoms with Gasteiger partial charge in [0.25, 0.3) is 0 Å². The van der Waals surface area contributed by atoms with E-state index in [0.29, 0.717) is 17.9 Å². The van der Waals surface area contributed by atoms with Crippen molar-refractivity contribution in [1.29, 1.82) is 0 Å². The Balaban J connectivity index is 2.31. The van der Waals surface area contributed by atoms with Crippen molar-refractivity contribution in [3.05, 3.63) is 30.2 Å². The van der Waals surface area contributed by atoms with Crippen LogP contribution in [0.3, 0.4) is 0 Å². The molecule has 0 saturated heterocycles. The quantitative estimate of drug-likeness (QED) is 0.517. The van der Waals surface area contributed by atoms with E-state index in [0.717, 1.165) is 0 Å². The summed E-state index contributed by atoms with van der Waals surface area (Å²) in [7, 11) is 0. The third kappa shape index (κ3) is 2.01. The molecule has 0 unspecified atom stereocenters. The molecule has 2 aromatic heterocycles. The van der Waals surface area contributed by atoms with Crippen molar-refractivity contribution in [1.82, 2.24) is 14.6 Å². The molecule has 0 saturated carbocycles. The van der Waals surface area contributed by atoms with Gasteiger partial charge >= 0.3 is 5.97 Å². The summed E-state index contributed by atoms with van der Waals surface area (Å²) in [4.78, 5) is 15.1. The number of fused-ring (bicyclic) bond motifs is 1. The molecule has 0 fully saturated rings. The molecule has 0 radical (unpaired) electrons. The van der Waals surface area contributed by atoms with E-state index in [2.05, 4.69) is 26.7 Å². The Morgan fingerprint density at radius 2 is 2.50 bits per heavy atom. The Kier molecular flexibility index (Phi) is 2.83. The molecule has 2 heterocycles. The number of hydrogen-bond acceptors (Lipinski definition) is 4. The summed E-state index contributed by atoms with van der Waals surface area (Å²) in [6, 6.07) is 3.59. The first kappa shape index (κ1) is 10.2. The van der Waals surface area contributed by atoms with Crippen LogP contribution in [-0.4, -0.2) is 27.2 Å². The zero-order valence-electron chi connectivity index (χ0n) is 8.67. The lowest BCUT2D eigenvalue weighted by Gasteiger charge is -1.92. The predicted molar refractivity (Wildman–Crippen MR) is 56.5 cm³/mol. The summed E-state index contributed by atoms with van der Waals surface area (Å²) in [6.45, 7) is 2.05. The van der Waals surface area contributed by atoms with Crippen molar-refractivity contribution in [2.45, 2.75) is 6.92 Å². The first-order valence-electron chi connectivity index (χ1n) is 4.79. The maximum absolute atomic E-state index is 11.0. The molecule has 0 aliphatic heterocycles. The summed E-state index contributed by atoms with van der Waals surface area (Å²) in [5.74, 6) is 4.48. The average Bonchev–Trinajstić information content (AvgIpc) is 2.70. The fourth-order valence-corrected chi connectivity index (χ4v) is 1.20. The van der Waals surface area contributed by atoms with Gasteiger partial charge in [-0.05, 0) is 25.0 Å². The number of nitrogens with zero attached hydrogens (tertiary/aromatic N) is 3. The van der Waals surface area contributed by atoms with Gasteiger partial charge in [0.2, 0.25) is 0 Å². The highest BCUT2D eigenvalue weighted by molar-refractivity contribution is 5.89. The molecular weight excluding hydrogens is 206 g/mol. The largest absolute Gasteiger partial charge is 0.456 e. The summed E-state index contributed by atoms with van der Waals surface area (Å²) in [6.07, 6.45) is 3.19. The fourth-order valence-electron chi connectivity index (χ4n) is 1.20. The number of ether oxygens (including phenoxy) is 1. The second-order valence-electron chi connectivity index (χ2n) is 2.91. The number of rotatable bonds is 1. The van der Waals surface area contributed by atoms with Crippen LogP contribution in [0, 0.1) is 11.8 Å². The zero-order valence-corrected chi connectivity index (χ0v) is 8.67. The van der Waals surface area contributed by atoms with Gasteiger partial charge in [-0.15, -0.1) is 0 Å². The number of carbonyl (C=O) groups is 1. The smallest absolute Gasteiger partial charge is 0.384 e. The highest BCUT2D eigenvalue weighted by atomic mass is 16.5. The van der Waals surface area contributed by atoms with Crippen LogP contribution in [-0.2, 0) is 9.53 Å². The SMILES string of the molecule is CCOC(=O)C#Cc1cnc2cccnn12. The van der Waals surface area contributed by atoms with E-state index in [-0.39, 0.29) is 0 Å². The zero-order chi connectivity index (χ0) is 11.4. The number of carbonyl (C=O) groups excluding carboxylic acids is 1. The predicted octanol–water partition coefficient (Wildman–Crippen LogP) is 0.644. The van der Waals surface area contributed by atoms with Gasteiger partial charge in [0.05, 0.1) is 12.8 Å². The number of hydrogen-bond donors (Lipinski definition) is 0. The van der Waals surface area contributed by atoms with Crippen molar-refractivity contribution in [2.24, 2.45) is 0 Å². The second-order valence-corrected chi connectivity index (χ2v) is 2.91. The third-order valence-electron chi connectivity index (χ3n) is 1.85. The summed E-state index contributed by atoms with van der Waals surface area (Å²) < 4.78 is 6.25. The Labute approximate surface area is 92.1 Å². The van der Waals surface area contributed by atoms with Crippen molar-refractivity contribution < 1.29 is 9.53 Å². The number of esters is 1. The van der Waals surface area contributed by atoms with Crippen molar-refractivity contribution in [3.8, 4) is 11.8 Å². The van der Waals surface area contributed by atoms with Crippen LogP contribution < -0.4 is 0 Å². The van der Waals surface area contributed by atoms with E-state index in [4.69, 9.17) is 0 Å². The van der Waals surface area contributed by atoms with Gasteiger partial charge in [0, 0.05) is 12.1 Å². The Morgan fingerprint density at radius 1 is 1.62 bits per heavy atom. The third-order valence-corrected chi connectivity index (χ3v) is 1.85. The average molecular weight is 215 g/mol. The Morgan fingerprint density at radius 3 is 3.31 bits per heavy atom. The molecule has 0 N–H and O–H groups in total. The van der Waals surface area contributed by atoms with E-state index in [9.17, 15) is 4.79 Å². The summed E-state index contributed by atoms with van der Waals surface area (Å²) in [5.41, 5.74) is 1.25. The van der Waals surface area contributed by atoms with Crippen LogP contribution in [0.1, 0.15) is 12.6 Å². The number of aromatic nitrogens is 3. The van der Waals surface area contributed by atoms with Crippen LogP contribution in [0.25, 0.3) is 5.65 Å². The van der Waals surface area contributed by atoms with Gasteiger partial charge in [-0.3, -0.25) is 0 Å². The molecule has 0 aliphatic carbocycles. The molecule has 80 valence electrons. The molecule has 0 amide bonds. The minimum Gasteiger partial charge on any atom is -0.456 e. The van der Waals surface area contributed by atoms with Crippen molar-refractivity contribution in [2.75, 3.05) is 6.61 Å². The van der Waals surface area contributed by atoms with E-state index in [1.807, 2.05) is 6.07 Å². The van der Waals surface area contributed by atoms with Crippen LogP contribution in [0.5, 0.6) is 0 Å². The van der Waals surface area contributed by atoms with Crippen LogP contribution in [0.15, 0.2) is 24.5 Å². The van der Waals surface area contributed by atoms with Crippen LogP contribution >= 0.6 is 0 Å². The molecule has 16 heavy (non-hydrogen) atoms. The second kappa shape index (κ2) is 4.45. The molecule has 0 aromatic carbocycles. The van der Waals surface area contributed by atoms with E-state index in [1.165, 1.54) is 0 Å². The molecule has 2 aromatic rings. The number of imidazole rings is 1. The molecular formula is C11H9N3O2. The normalized spacial score (nSPS) is 9.56. The standard InChI is InChI=1S/C11H9N3O2/c1-2-16-11(15)6-5-9-8-12-10-4-3-7-13-14(9)10/h3-4,7-8H,2H2,1H3. The van der Waals surface area contributed by atoms with Gasteiger partial charge in [-0.2, -0.15) is 5.10 Å². The summed E-state index contributed by atoms with van der Waals surface area (Å²) >= 11 is 0. The van der Waals surface area contributed by atoms with Gasteiger partial charge < -0.3 is 4.74 Å². The van der Waals surface area contributed by atoms with E-state index < -0.39 is 5.97 Å². The Hall–Kier alpha value is -2.35. The minimum atomic E-state index is -0.548. The first-order valence-corrected chi connectivity index (χ1v) is 4.79. The molecule has 0 atom stereocenters. The maximum atomic E-state index is 11.0. The van der Waals surface area contributed by atoms with Crippen molar-refractivity contribution in [3.63, 3.8) is 0 Å². The molecule has 0 spiro atoms. The molecule has 0 aliphatic rings. The lowest BCUT2D eigenvalue weighted by Crippen LogP contribution is -2.00. The van der Waals surface area contributed by atoms with Gasteiger partial charge in [0.15, 0.2) is 5.65 Å². The van der Waals surface area contributed by atoms with Crippen molar-refractivity contribution >= 4 is 11.6 Å². The van der Waals surface area contributed by atoms with Gasteiger partial charge in [-0.25, -0.2) is 14.3 Å². The van der Waals surface area contributed by atoms with Crippen LogP contribution in [0.2, 0.25) is 0 Å².